The number of nitrogens with one attached hydrogen (secondary N) is 2. The first-order valence-electron chi connectivity index (χ1n) is 6.69. The third-order valence-electron chi connectivity index (χ3n) is 2.87. The zero-order valence-electron chi connectivity index (χ0n) is 12.4. The fraction of sp³-hybridized carbons (Fsp3) is 0.438. The summed E-state index contributed by atoms with van der Waals surface area (Å²) in [6.45, 7) is 8.37. The van der Waals surface area contributed by atoms with Crippen LogP contribution in [0, 0.1) is 19.3 Å². The molecule has 2 N–H and O–H groups in total. The molecule has 0 spiro atoms. The molecule has 0 fully saturated rings. The van der Waals surface area contributed by atoms with Gasteiger partial charge in [0.05, 0.1) is 6.54 Å². The molecule has 110 valence electrons. The number of terminal acetylenes is 1. The van der Waals surface area contributed by atoms with E-state index in [0.717, 1.165) is 19.0 Å². The normalized spacial score (nSPS) is 12.0. The molecule has 0 heterocycles. The summed E-state index contributed by atoms with van der Waals surface area (Å²) in [6.07, 6.45) is 5.24. The second-order valence-electron chi connectivity index (χ2n) is 4.59. The number of hydrogen-bond acceptors (Lipinski definition) is 1. The predicted molar refractivity (Wildman–Crippen MR) is 97.8 cm³/mol. The van der Waals surface area contributed by atoms with Crippen molar-refractivity contribution >= 4 is 29.9 Å². The van der Waals surface area contributed by atoms with Gasteiger partial charge in [-0.25, -0.2) is 0 Å². The SMILES string of the molecule is C#CCNC(=NCC(C)c1ccc(C)cc1)NCC.I. The van der Waals surface area contributed by atoms with Crippen molar-refractivity contribution in [2.45, 2.75) is 26.7 Å². The van der Waals surface area contributed by atoms with Gasteiger partial charge in [-0.05, 0) is 19.4 Å². The van der Waals surface area contributed by atoms with Crippen LogP contribution in [0.25, 0.3) is 0 Å². The van der Waals surface area contributed by atoms with E-state index in [1.54, 1.807) is 0 Å². The van der Waals surface area contributed by atoms with Crippen molar-refractivity contribution in [3.8, 4) is 12.3 Å². The van der Waals surface area contributed by atoms with Crippen LogP contribution in [0.2, 0.25) is 0 Å². The lowest BCUT2D eigenvalue weighted by molar-refractivity contribution is 0.757. The molecule has 0 aromatic heterocycles. The molecule has 0 aliphatic carbocycles. The van der Waals surface area contributed by atoms with Crippen molar-refractivity contribution in [2.24, 2.45) is 4.99 Å². The quantitative estimate of drug-likeness (QED) is 0.354. The van der Waals surface area contributed by atoms with Gasteiger partial charge in [0.15, 0.2) is 5.96 Å². The summed E-state index contributed by atoms with van der Waals surface area (Å²) in [5.74, 6) is 3.72. The molecule has 4 heteroatoms. The summed E-state index contributed by atoms with van der Waals surface area (Å²) in [4.78, 5) is 4.55. The molecule has 0 bridgehead atoms. The number of halogens is 1. The Labute approximate surface area is 139 Å². The van der Waals surface area contributed by atoms with Gasteiger partial charge >= 0.3 is 0 Å². The zero-order valence-corrected chi connectivity index (χ0v) is 14.8. The summed E-state index contributed by atoms with van der Waals surface area (Å²) in [5.41, 5.74) is 2.59. The van der Waals surface area contributed by atoms with Crippen LogP contribution in [0.1, 0.15) is 30.9 Å². The van der Waals surface area contributed by atoms with Crippen LogP contribution in [-0.2, 0) is 0 Å². The lowest BCUT2D eigenvalue weighted by Crippen LogP contribution is -2.37. The molecule has 20 heavy (non-hydrogen) atoms. The Morgan fingerprint density at radius 1 is 1.30 bits per heavy atom. The number of benzene rings is 1. The Kier molecular flexibility index (Phi) is 9.91. The lowest BCUT2D eigenvalue weighted by Gasteiger charge is -2.12. The molecule has 1 unspecified atom stereocenters. The van der Waals surface area contributed by atoms with E-state index >= 15 is 0 Å². The topological polar surface area (TPSA) is 36.4 Å². The maximum absolute atomic E-state index is 5.24. The Hall–Kier alpha value is -1.22. The maximum atomic E-state index is 5.24. The van der Waals surface area contributed by atoms with Crippen molar-refractivity contribution in [2.75, 3.05) is 19.6 Å². The van der Waals surface area contributed by atoms with Gasteiger partial charge in [-0.3, -0.25) is 4.99 Å². The number of aryl methyl sites for hydroxylation is 1. The number of nitrogens with zero attached hydrogens (tertiary/aromatic N) is 1. The van der Waals surface area contributed by atoms with E-state index in [0.29, 0.717) is 12.5 Å². The van der Waals surface area contributed by atoms with E-state index in [4.69, 9.17) is 6.42 Å². The third kappa shape index (κ3) is 6.80. The van der Waals surface area contributed by atoms with Gasteiger partial charge in [0.1, 0.15) is 0 Å². The monoisotopic (exact) mass is 385 g/mol. The highest BCUT2D eigenvalue weighted by Gasteiger charge is 2.05. The summed E-state index contributed by atoms with van der Waals surface area (Å²) in [6, 6.07) is 8.60. The van der Waals surface area contributed by atoms with Crippen LogP contribution >= 0.6 is 24.0 Å². The molecule has 1 atom stereocenters. The third-order valence-corrected chi connectivity index (χ3v) is 2.87. The molecule has 1 aromatic rings. The van der Waals surface area contributed by atoms with Crippen molar-refractivity contribution in [3.63, 3.8) is 0 Å². The van der Waals surface area contributed by atoms with Crippen molar-refractivity contribution in [1.29, 1.82) is 0 Å². The molecular weight excluding hydrogens is 361 g/mol. The van der Waals surface area contributed by atoms with E-state index in [1.807, 2.05) is 6.92 Å². The Bertz CT molecular complexity index is 446. The average molecular weight is 385 g/mol. The fourth-order valence-corrected chi connectivity index (χ4v) is 1.71. The smallest absolute Gasteiger partial charge is 0.192 e. The molecule has 1 rings (SSSR count). The Balaban J connectivity index is 0.00000361. The number of aliphatic imine (C=N–C) groups is 1. The molecule has 0 radical (unpaired) electrons. The van der Waals surface area contributed by atoms with Crippen LogP contribution in [0.4, 0.5) is 0 Å². The van der Waals surface area contributed by atoms with Crippen LogP contribution in [0.5, 0.6) is 0 Å². The number of guanidine groups is 1. The van der Waals surface area contributed by atoms with Gasteiger partial charge in [0, 0.05) is 19.0 Å². The molecular formula is C16H24IN3. The zero-order chi connectivity index (χ0) is 14.1. The Morgan fingerprint density at radius 3 is 2.50 bits per heavy atom. The molecule has 0 saturated heterocycles. The Morgan fingerprint density at radius 2 is 1.95 bits per heavy atom. The minimum Gasteiger partial charge on any atom is -0.357 e. The van der Waals surface area contributed by atoms with Crippen molar-refractivity contribution in [1.82, 2.24) is 10.6 Å². The highest BCUT2D eigenvalue weighted by molar-refractivity contribution is 14.0. The van der Waals surface area contributed by atoms with E-state index in [-0.39, 0.29) is 24.0 Å². The summed E-state index contributed by atoms with van der Waals surface area (Å²) < 4.78 is 0. The molecule has 0 aliphatic rings. The average Bonchev–Trinajstić information content (AvgIpc) is 2.42. The van der Waals surface area contributed by atoms with Crippen molar-refractivity contribution in [3.05, 3.63) is 35.4 Å². The second-order valence-corrected chi connectivity index (χ2v) is 4.59. The first kappa shape index (κ1) is 18.8. The molecule has 0 amide bonds. The molecule has 0 aliphatic heterocycles. The first-order valence-corrected chi connectivity index (χ1v) is 6.69. The molecule has 0 saturated carbocycles. The van der Waals surface area contributed by atoms with E-state index in [2.05, 4.69) is 59.7 Å². The van der Waals surface area contributed by atoms with E-state index in [9.17, 15) is 0 Å². The summed E-state index contributed by atoms with van der Waals surface area (Å²) in [7, 11) is 0. The van der Waals surface area contributed by atoms with Gasteiger partial charge in [0.25, 0.3) is 0 Å². The number of rotatable bonds is 5. The summed E-state index contributed by atoms with van der Waals surface area (Å²) in [5, 5.41) is 6.27. The van der Waals surface area contributed by atoms with Gasteiger partial charge in [-0.1, -0.05) is 42.7 Å². The molecule has 3 nitrogen and oxygen atoms in total. The van der Waals surface area contributed by atoms with Crippen LogP contribution in [-0.4, -0.2) is 25.6 Å². The maximum Gasteiger partial charge on any atom is 0.192 e. The highest BCUT2D eigenvalue weighted by atomic mass is 127. The van der Waals surface area contributed by atoms with E-state index < -0.39 is 0 Å². The minimum atomic E-state index is 0. The lowest BCUT2D eigenvalue weighted by atomic mass is 10.0. The van der Waals surface area contributed by atoms with Crippen LogP contribution in [0.15, 0.2) is 29.3 Å². The first-order chi connectivity index (χ1) is 9.17. The predicted octanol–water partition coefficient (Wildman–Crippen LogP) is 2.90. The van der Waals surface area contributed by atoms with Crippen LogP contribution < -0.4 is 10.6 Å². The highest BCUT2D eigenvalue weighted by Crippen LogP contribution is 2.15. The van der Waals surface area contributed by atoms with Crippen LogP contribution in [0.3, 0.4) is 0 Å². The summed E-state index contributed by atoms with van der Waals surface area (Å²) >= 11 is 0. The number of hydrogen-bond donors (Lipinski definition) is 2. The van der Waals surface area contributed by atoms with Gasteiger partial charge in [-0.15, -0.1) is 30.4 Å². The van der Waals surface area contributed by atoms with Gasteiger partial charge < -0.3 is 10.6 Å². The van der Waals surface area contributed by atoms with E-state index in [1.165, 1.54) is 11.1 Å². The van der Waals surface area contributed by atoms with Gasteiger partial charge in [0.2, 0.25) is 0 Å². The van der Waals surface area contributed by atoms with Gasteiger partial charge in [-0.2, -0.15) is 0 Å². The van der Waals surface area contributed by atoms with Crippen molar-refractivity contribution < 1.29 is 0 Å². The standard InChI is InChI=1S/C16H23N3.HI/c1-5-11-18-16(17-6-2)19-12-14(4)15-9-7-13(3)8-10-15;/h1,7-10,14H,6,11-12H2,2-4H3,(H2,17,18,19);1H. The second kappa shape index (κ2) is 10.6. The largest absolute Gasteiger partial charge is 0.357 e. The minimum absolute atomic E-state index is 0. The molecule has 1 aromatic carbocycles. The fourth-order valence-electron chi connectivity index (χ4n) is 1.71.